The molecule has 2 fully saturated rings. The largest absolute Gasteiger partial charge is 0.493 e. The van der Waals surface area contributed by atoms with Crippen molar-refractivity contribution in [3.8, 4) is 11.5 Å². The summed E-state index contributed by atoms with van der Waals surface area (Å²) >= 11 is 0. The summed E-state index contributed by atoms with van der Waals surface area (Å²) in [6.45, 7) is 4.86. The van der Waals surface area contributed by atoms with E-state index in [1.54, 1.807) is 7.11 Å². The molecule has 6 heteroatoms. The van der Waals surface area contributed by atoms with E-state index in [0.29, 0.717) is 31.0 Å². The average molecular weight is 411 g/mol. The monoisotopic (exact) mass is 410 g/mol. The van der Waals surface area contributed by atoms with Crippen LogP contribution in [0.3, 0.4) is 0 Å². The molecule has 2 saturated heterocycles. The minimum absolute atomic E-state index is 0. The highest BCUT2D eigenvalue weighted by atomic mass is 35.5. The standard InChI is InChI=1S/C22H34N2O3.ClH/c1-4-5-10-27-20-9-6-17(14-21(20)26-3)15(2)23-22(25)13-16-11-18-7-8-19(12-16)24-18;/h6,9,14-16,18-19,24H,4-5,7-8,10-13H2,1-3H3,(H,23,25);1H. The number of unbranched alkanes of at least 4 members (excludes halogenated alkanes) is 1. The van der Waals surface area contributed by atoms with E-state index in [1.807, 2.05) is 25.1 Å². The van der Waals surface area contributed by atoms with Crippen LogP contribution in [0, 0.1) is 5.92 Å². The summed E-state index contributed by atoms with van der Waals surface area (Å²) in [6.07, 6.45) is 7.56. The first-order valence-corrected chi connectivity index (χ1v) is 10.4. The average Bonchev–Trinajstić information content (AvgIpc) is 3.00. The number of amides is 1. The van der Waals surface area contributed by atoms with Crippen LogP contribution in [0.5, 0.6) is 11.5 Å². The summed E-state index contributed by atoms with van der Waals surface area (Å²) in [5, 5.41) is 6.80. The molecule has 3 unspecified atom stereocenters. The maximum Gasteiger partial charge on any atom is 0.220 e. The summed E-state index contributed by atoms with van der Waals surface area (Å²) < 4.78 is 11.3. The van der Waals surface area contributed by atoms with Gasteiger partial charge in [0, 0.05) is 18.5 Å². The number of piperidine rings is 1. The highest BCUT2D eigenvalue weighted by Gasteiger charge is 2.34. The number of hydrogen-bond donors (Lipinski definition) is 2. The third-order valence-corrected chi connectivity index (χ3v) is 5.87. The van der Waals surface area contributed by atoms with Crippen molar-refractivity contribution in [2.45, 2.75) is 76.9 Å². The van der Waals surface area contributed by atoms with Crippen molar-refractivity contribution >= 4 is 18.3 Å². The Balaban J connectivity index is 0.00000280. The van der Waals surface area contributed by atoms with Crippen LogP contribution in [-0.4, -0.2) is 31.7 Å². The quantitative estimate of drug-likeness (QED) is 0.592. The molecule has 0 saturated carbocycles. The number of benzene rings is 1. The molecule has 2 bridgehead atoms. The Bertz CT molecular complexity index is 628. The molecule has 1 aromatic carbocycles. The number of carbonyl (C=O) groups is 1. The number of rotatable bonds is 9. The van der Waals surface area contributed by atoms with E-state index in [-0.39, 0.29) is 24.4 Å². The number of nitrogens with one attached hydrogen (secondary N) is 2. The maximum absolute atomic E-state index is 12.5. The molecule has 0 aliphatic carbocycles. The van der Waals surface area contributed by atoms with Gasteiger partial charge >= 0.3 is 0 Å². The van der Waals surface area contributed by atoms with Crippen molar-refractivity contribution in [2.24, 2.45) is 5.92 Å². The van der Waals surface area contributed by atoms with Crippen LogP contribution in [0.15, 0.2) is 18.2 Å². The van der Waals surface area contributed by atoms with Gasteiger partial charge in [0.2, 0.25) is 5.91 Å². The van der Waals surface area contributed by atoms with Crippen LogP contribution in [0.25, 0.3) is 0 Å². The van der Waals surface area contributed by atoms with Crippen LogP contribution in [-0.2, 0) is 4.79 Å². The Morgan fingerprint density at radius 3 is 2.61 bits per heavy atom. The first-order valence-electron chi connectivity index (χ1n) is 10.4. The van der Waals surface area contributed by atoms with Crippen LogP contribution >= 0.6 is 12.4 Å². The summed E-state index contributed by atoms with van der Waals surface area (Å²) in [4.78, 5) is 12.5. The summed E-state index contributed by atoms with van der Waals surface area (Å²) in [6, 6.07) is 7.13. The van der Waals surface area contributed by atoms with Gasteiger partial charge in [-0.3, -0.25) is 4.79 Å². The lowest BCUT2D eigenvalue weighted by molar-refractivity contribution is -0.122. The molecule has 28 heavy (non-hydrogen) atoms. The van der Waals surface area contributed by atoms with Gasteiger partial charge < -0.3 is 20.1 Å². The second-order valence-electron chi connectivity index (χ2n) is 8.08. The van der Waals surface area contributed by atoms with E-state index in [9.17, 15) is 4.79 Å². The lowest BCUT2D eigenvalue weighted by Gasteiger charge is -2.29. The minimum atomic E-state index is -0.0467. The Morgan fingerprint density at radius 1 is 1.25 bits per heavy atom. The zero-order valence-electron chi connectivity index (χ0n) is 17.3. The third-order valence-electron chi connectivity index (χ3n) is 5.87. The highest BCUT2D eigenvalue weighted by Crippen LogP contribution is 2.33. The van der Waals surface area contributed by atoms with Crippen molar-refractivity contribution < 1.29 is 14.3 Å². The second kappa shape index (κ2) is 10.9. The Morgan fingerprint density at radius 2 is 1.96 bits per heavy atom. The van der Waals surface area contributed by atoms with E-state index < -0.39 is 0 Å². The fraction of sp³-hybridized carbons (Fsp3) is 0.682. The molecule has 0 spiro atoms. The molecule has 5 nitrogen and oxygen atoms in total. The van der Waals surface area contributed by atoms with Crippen molar-refractivity contribution in [3.05, 3.63) is 23.8 Å². The van der Waals surface area contributed by atoms with Gasteiger partial charge in [0.05, 0.1) is 19.8 Å². The van der Waals surface area contributed by atoms with Crippen LogP contribution in [0.2, 0.25) is 0 Å². The van der Waals surface area contributed by atoms with Gasteiger partial charge in [0.1, 0.15) is 0 Å². The number of carbonyl (C=O) groups excluding carboxylic acids is 1. The molecule has 1 amide bonds. The smallest absolute Gasteiger partial charge is 0.220 e. The second-order valence-corrected chi connectivity index (χ2v) is 8.08. The van der Waals surface area contributed by atoms with E-state index in [2.05, 4.69) is 17.6 Å². The van der Waals surface area contributed by atoms with E-state index >= 15 is 0 Å². The Hall–Kier alpha value is -1.46. The molecule has 2 aliphatic heterocycles. The molecule has 0 aromatic heterocycles. The predicted octanol–water partition coefficient (Wildman–Crippen LogP) is 4.39. The zero-order valence-corrected chi connectivity index (χ0v) is 18.1. The lowest BCUT2D eigenvalue weighted by atomic mass is 9.89. The third kappa shape index (κ3) is 6.02. The van der Waals surface area contributed by atoms with Gasteiger partial charge in [-0.25, -0.2) is 0 Å². The number of halogens is 1. The van der Waals surface area contributed by atoms with Gasteiger partial charge in [-0.05, 0) is 62.6 Å². The summed E-state index contributed by atoms with van der Waals surface area (Å²) in [5.41, 5.74) is 1.04. The molecule has 2 heterocycles. The van der Waals surface area contributed by atoms with Crippen LogP contribution < -0.4 is 20.1 Å². The van der Waals surface area contributed by atoms with Gasteiger partial charge in [-0.2, -0.15) is 0 Å². The van der Waals surface area contributed by atoms with Gasteiger partial charge in [-0.15, -0.1) is 12.4 Å². The Kier molecular flexibility index (Phi) is 8.90. The number of hydrogen-bond acceptors (Lipinski definition) is 4. The van der Waals surface area contributed by atoms with E-state index in [1.165, 1.54) is 12.8 Å². The highest BCUT2D eigenvalue weighted by molar-refractivity contribution is 5.85. The normalized spacial score (nSPS) is 24.2. The van der Waals surface area contributed by atoms with Gasteiger partial charge in [0.15, 0.2) is 11.5 Å². The molecule has 1 aromatic rings. The van der Waals surface area contributed by atoms with Crippen LogP contribution in [0.4, 0.5) is 0 Å². The molecule has 3 atom stereocenters. The Labute approximate surface area is 175 Å². The molecule has 2 N–H and O–H groups in total. The number of fused-ring (bicyclic) bond motifs is 2. The first-order chi connectivity index (χ1) is 13.1. The first kappa shape index (κ1) is 22.8. The zero-order chi connectivity index (χ0) is 19.2. The SMILES string of the molecule is CCCCOc1ccc(C(C)NC(=O)CC2CC3CCC(C2)N3)cc1OC.Cl. The molecule has 3 rings (SSSR count). The fourth-order valence-corrected chi connectivity index (χ4v) is 4.39. The minimum Gasteiger partial charge on any atom is -0.493 e. The molecular formula is C22H35ClN2O3. The van der Waals surface area contributed by atoms with Crippen molar-refractivity contribution in [3.63, 3.8) is 0 Å². The van der Waals surface area contributed by atoms with Crippen molar-refractivity contribution in [1.82, 2.24) is 10.6 Å². The number of methoxy groups -OCH3 is 1. The molecular weight excluding hydrogens is 376 g/mol. The van der Waals surface area contributed by atoms with E-state index in [4.69, 9.17) is 9.47 Å². The fourth-order valence-electron chi connectivity index (χ4n) is 4.39. The predicted molar refractivity (Wildman–Crippen MR) is 114 cm³/mol. The van der Waals surface area contributed by atoms with Crippen LogP contribution in [0.1, 0.15) is 70.4 Å². The molecule has 0 radical (unpaired) electrons. The number of ether oxygens (including phenoxy) is 2. The summed E-state index contributed by atoms with van der Waals surface area (Å²) in [7, 11) is 1.65. The van der Waals surface area contributed by atoms with Gasteiger partial charge in [-0.1, -0.05) is 19.4 Å². The molecule has 158 valence electrons. The maximum atomic E-state index is 12.5. The molecule has 2 aliphatic rings. The van der Waals surface area contributed by atoms with Crippen molar-refractivity contribution in [2.75, 3.05) is 13.7 Å². The van der Waals surface area contributed by atoms with Gasteiger partial charge in [0.25, 0.3) is 0 Å². The van der Waals surface area contributed by atoms with Crippen molar-refractivity contribution in [1.29, 1.82) is 0 Å². The summed E-state index contributed by atoms with van der Waals surface area (Å²) in [5.74, 6) is 2.15. The lowest BCUT2D eigenvalue weighted by Crippen LogP contribution is -2.40. The topological polar surface area (TPSA) is 59.6 Å². The van der Waals surface area contributed by atoms with E-state index in [0.717, 1.165) is 42.7 Å².